The van der Waals surface area contributed by atoms with E-state index in [1.54, 1.807) is 0 Å². The van der Waals surface area contributed by atoms with Crippen molar-refractivity contribution in [2.75, 3.05) is 5.75 Å². The maximum atomic E-state index is 11.8. The van der Waals surface area contributed by atoms with Crippen molar-refractivity contribution >= 4 is 17.7 Å². The molecule has 108 valence electrons. The second-order valence-corrected chi connectivity index (χ2v) is 6.28. The molecule has 1 amide bonds. The van der Waals surface area contributed by atoms with Gasteiger partial charge in [-0.1, -0.05) is 48.5 Å². The Morgan fingerprint density at radius 3 is 2.62 bits per heavy atom. The standard InChI is InChI=1S/C17H18N2OS/c18-17(20)16(12-6-2-1-3-7-12)19-14-10-11-21-15-9-5-4-8-13(14)15/h1-9,14,16,19H,10-11H2,(H2,18,20)/t14-,16+/m1/s1. The van der Waals surface area contributed by atoms with Crippen LogP contribution in [0, 0.1) is 0 Å². The molecule has 0 unspecified atom stereocenters. The molecule has 0 spiro atoms. The first kappa shape index (κ1) is 14.2. The van der Waals surface area contributed by atoms with E-state index in [2.05, 4.69) is 23.5 Å². The lowest BCUT2D eigenvalue weighted by atomic mass is 9.99. The Morgan fingerprint density at radius 1 is 1.14 bits per heavy atom. The number of carbonyl (C=O) groups is 1. The van der Waals surface area contributed by atoms with Crippen LogP contribution >= 0.6 is 11.8 Å². The third kappa shape index (κ3) is 3.12. The van der Waals surface area contributed by atoms with Gasteiger partial charge < -0.3 is 5.73 Å². The molecule has 3 rings (SSSR count). The number of nitrogens with one attached hydrogen (secondary N) is 1. The van der Waals surface area contributed by atoms with Crippen molar-refractivity contribution in [2.24, 2.45) is 5.73 Å². The lowest BCUT2D eigenvalue weighted by Crippen LogP contribution is -2.37. The van der Waals surface area contributed by atoms with Crippen LogP contribution in [0.25, 0.3) is 0 Å². The van der Waals surface area contributed by atoms with Gasteiger partial charge in [-0.25, -0.2) is 0 Å². The van der Waals surface area contributed by atoms with Crippen molar-refractivity contribution in [1.29, 1.82) is 0 Å². The summed E-state index contributed by atoms with van der Waals surface area (Å²) in [6.07, 6.45) is 0.998. The fourth-order valence-corrected chi connectivity index (χ4v) is 3.83. The molecule has 21 heavy (non-hydrogen) atoms. The molecule has 0 aromatic heterocycles. The predicted octanol–water partition coefficient (Wildman–Crippen LogP) is 3.04. The highest BCUT2D eigenvalue weighted by molar-refractivity contribution is 7.99. The van der Waals surface area contributed by atoms with Crippen LogP contribution in [0.1, 0.15) is 29.6 Å². The Kier molecular flexibility index (Phi) is 4.27. The number of primary amides is 1. The first-order chi connectivity index (χ1) is 10.3. The van der Waals surface area contributed by atoms with Gasteiger partial charge in [0.25, 0.3) is 0 Å². The first-order valence-corrected chi connectivity index (χ1v) is 8.06. The predicted molar refractivity (Wildman–Crippen MR) is 86.0 cm³/mol. The van der Waals surface area contributed by atoms with Gasteiger partial charge in [-0.15, -0.1) is 11.8 Å². The van der Waals surface area contributed by atoms with Crippen LogP contribution in [0.15, 0.2) is 59.5 Å². The smallest absolute Gasteiger partial charge is 0.239 e. The summed E-state index contributed by atoms with van der Waals surface area (Å²) in [5.74, 6) is 0.714. The maximum Gasteiger partial charge on any atom is 0.239 e. The molecule has 0 saturated carbocycles. The summed E-state index contributed by atoms with van der Waals surface area (Å²) < 4.78 is 0. The van der Waals surface area contributed by atoms with Crippen LogP contribution in [0.2, 0.25) is 0 Å². The minimum absolute atomic E-state index is 0.167. The second-order valence-electron chi connectivity index (χ2n) is 5.14. The fourth-order valence-electron chi connectivity index (χ4n) is 2.70. The number of hydrogen-bond acceptors (Lipinski definition) is 3. The van der Waals surface area contributed by atoms with E-state index in [-0.39, 0.29) is 11.9 Å². The number of thioether (sulfide) groups is 1. The van der Waals surface area contributed by atoms with Crippen molar-refractivity contribution in [3.8, 4) is 0 Å². The molecular weight excluding hydrogens is 280 g/mol. The van der Waals surface area contributed by atoms with Gasteiger partial charge in [0, 0.05) is 10.9 Å². The van der Waals surface area contributed by atoms with Gasteiger partial charge in [0.1, 0.15) is 6.04 Å². The van der Waals surface area contributed by atoms with Crippen LogP contribution in [0.4, 0.5) is 0 Å². The van der Waals surface area contributed by atoms with Crippen LogP contribution in [0.5, 0.6) is 0 Å². The van der Waals surface area contributed by atoms with Gasteiger partial charge in [-0.05, 0) is 29.4 Å². The molecule has 0 saturated heterocycles. The van der Waals surface area contributed by atoms with E-state index in [0.717, 1.165) is 17.7 Å². The lowest BCUT2D eigenvalue weighted by Gasteiger charge is -2.29. The molecule has 0 radical (unpaired) electrons. The summed E-state index contributed by atoms with van der Waals surface area (Å²) in [5.41, 5.74) is 7.78. The Labute approximate surface area is 128 Å². The molecule has 2 aromatic carbocycles. The highest BCUT2D eigenvalue weighted by Gasteiger charge is 2.26. The Morgan fingerprint density at radius 2 is 1.86 bits per heavy atom. The van der Waals surface area contributed by atoms with E-state index in [1.807, 2.05) is 48.2 Å². The molecule has 1 aliphatic heterocycles. The largest absolute Gasteiger partial charge is 0.368 e. The average molecular weight is 298 g/mol. The highest BCUT2D eigenvalue weighted by atomic mass is 32.2. The highest BCUT2D eigenvalue weighted by Crippen LogP contribution is 2.37. The molecule has 2 atom stereocenters. The van der Waals surface area contributed by atoms with E-state index in [1.165, 1.54) is 10.5 Å². The molecule has 2 aromatic rings. The molecule has 1 heterocycles. The number of nitrogens with two attached hydrogens (primary N) is 1. The van der Waals surface area contributed by atoms with E-state index in [4.69, 9.17) is 5.73 Å². The molecule has 0 bridgehead atoms. The Balaban J connectivity index is 1.86. The van der Waals surface area contributed by atoms with Gasteiger partial charge in [0.15, 0.2) is 0 Å². The summed E-state index contributed by atoms with van der Waals surface area (Å²) in [6.45, 7) is 0. The number of hydrogen-bond donors (Lipinski definition) is 2. The Bertz CT molecular complexity index is 630. The van der Waals surface area contributed by atoms with Gasteiger partial charge in [-0.2, -0.15) is 0 Å². The van der Waals surface area contributed by atoms with Gasteiger partial charge >= 0.3 is 0 Å². The number of fused-ring (bicyclic) bond motifs is 1. The van der Waals surface area contributed by atoms with Crippen molar-refractivity contribution < 1.29 is 4.79 Å². The van der Waals surface area contributed by atoms with Gasteiger partial charge in [0.05, 0.1) is 0 Å². The normalized spacial score (nSPS) is 18.8. The minimum atomic E-state index is -0.452. The third-order valence-corrected chi connectivity index (χ3v) is 4.87. The molecule has 3 N–H and O–H groups in total. The summed E-state index contributed by atoms with van der Waals surface area (Å²) in [7, 11) is 0. The first-order valence-electron chi connectivity index (χ1n) is 7.08. The van der Waals surface area contributed by atoms with Gasteiger partial charge in [-0.3, -0.25) is 10.1 Å². The van der Waals surface area contributed by atoms with E-state index >= 15 is 0 Å². The minimum Gasteiger partial charge on any atom is -0.368 e. The SMILES string of the molecule is NC(=O)[C@@H](N[C@@H]1CCSc2ccccc21)c1ccccc1. The van der Waals surface area contributed by atoms with Crippen LogP contribution < -0.4 is 11.1 Å². The summed E-state index contributed by atoms with van der Waals surface area (Å²) in [5, 5.41) is 3.44. The molecular formula is C17H18N2OS. The molecule has 0 aliphatic carbocycles. The van der Waals surface area contributed by atoms with Crippen molar-refractivity contribution in [2.45, 2.75) is 23.4 Å². The maximum absolute atomic E-state index is 11.8. The Hall–Kier alpha value is -1.78. The summed E-state index contributed by atoms with van der Waals surface area (Å²) >= 11 is 1.87. The zero-order valence-electron chi connectivity index (χ0n) is 11.7. The van der Waals surface area contributed by atoms with Crippen LogP contribution in [-0.2, 0) is 4.79 Å². The van der Waals surface area contributed by atoms with Crippen LogP contribution in [-0.4, -0.2) is 11.7 Å². The van der Waals surface area contributed by atoms with Crippen molar-refractivity contribution in [3.05, 3.63) is 65.7 Å². The van der Waals surface area contributed by atoms with Crippen LogP contribution in [0.3, 0.4) is 0 Å². The number of amides is 1. The number of benzene rings is 2. The molecule has 1 aliphatic rings. The summed E-state index contributed by atoms with van der Waals surface area (Å²) in [4.78, 5) is 13.1. The fraction of sp³-hybridized carbons (Fsp3) is 0.235. The average Bonchev–Trinajstić information content (AvgIpc) is 2.53. The summed E-state index contributed by atoms with van der Waals surface area (Å²) in [6, 6.07) is 17.7. The monoisotopic (exact) mass is 298 g/mol. The second kappa shape index (κ2) is 6.33. The molecule has 4 heteroatoms. The topological polar surface area (TPSA) is 55.1 Å². The van der Waals surface area contributed by atoms with E-state index < -0.39 is 6.04 Å². The lowest BCUT2D eigenvalue weighted by molar-refractivity contribution is -0.120. The van der Waals surface area contributed by atoms with Crippen molar-refractivity contribution in [1.82, 2.24) is 5.32 Å². The molecule has 0 fully saturated rings. The van der Waals surface area contributed by atoms with Gasteiger partial charge in [0.2, 0.25) is 5.91 Å². The number of rotatable bonds is 4. The zero-order chi connectivity index (χ0) is 14.7. The quantitative estimate of drug-likeness (QED) is 0.912. The van der Waals surface area contributed by atoms with Crippen molar-refractivity contribution in [3.63, 3.8) is 0 Å². The molecule has 3 nitrogen and oxygen atoms in total. The van der Waals surface area contributed by atoms with E-state index in [0.29, 0.717) is 0 Å². The zero-order valence-corrected chi connectivity index (χ0v) is 12.5. The number of carbonyl (C=O) groups excluding carboxylic acids is 1. The third-order valence-electron chi connectivity index (χ3n) is 3.74. The van der Waals surface area contributed by atoms with E-state index in [9.17, 15) is 4.79 Å².